The molecular formula is C24H23ClF3N5O2. The Hall–Kier alpha value is -3.37. The maximum absolute atomic E-state index is 14.5. The van der Waals surface area contributed by atoms with Crippen LogP contribution in [0.4, 0.5) is 30.4 Å². The fourth-order valence-corrected chi connectivity index (χ4v) is 3.99. The summed E-state index contributed by atoms with van der Waals surface area (Å²) in [4.78, 5) is 22.9. The summed E-state index contributed by atoms with van der Waals surface area (Å²) in [6, 6.07) is 5.21. The van der Waals surface area contributed by atoms with Crippen molar-refractivity contribution in [2.45, 2.75) is 19.3 Å². The predicted octanol–water partition coefficient (Wildman–Crippen LogP) is 5.59. The maximum Gasteiger partial charge on any atom is 0.284 e. The maximum atomic E-state index is 14.5. The van der Waals surface area contributed by atoms with Crippen LogP contribution < -0.4 is 15.4 Å². The third-order valence-corrected chi connectivity index (χ3v) is 6.03. The third kappa shape index (κ3) is 5.66. The number of aromatic nitrogens is 2. The van der Waals surface area contributed by atoms with Crippen molar-refractivity contribution in [3.8, 4) is 5.75 Å². The number of anilines is 3. The SMILES string of the molecule is COc1cc2ncnc(Nc3ccc(F)c(Cl)c3F)c2cc1NC(=O)/C(F)=C\CN1CCCCC1. The van der Waals surface area contributed by atoms with Crippen LogP contribution in [0, 0.1) is 11.6 Å². The Morgan fingerprint density at radius 3 is 2.69 bits per heavy atom. The van der Waals surface area contributed by atoms with Gasteiger partial charge in [-0.2, -0.15) is 0 Å². The summed E-state index contributed by atoms with van der Waals surface area (Å²) in [6.07, 6.45) is 5.77. The fourth-order valence-electron chi connectivity index (χ4n) is 3.83. The Morgan fingerprint density at radius 1 is 1.17 bits per heavy atom. The van der Waals surface area contributed by atoms with Gasteiger partial charge in [-0.15, -0.1) is 0 Å². The number of carbonyl (C=O) groups excluding carboxylic acids is 1. The monoisotopic (exact) mass is 505 g/mol. The summed E-state index contributed by atoms with van der Waals surface area (Å²) in [5.74, 6) is -3.31. The number of methoxy groups -OCH3 is 1. The van der Waals surface area contributed by atoms with Gasteiger partial charge in [0.2, 0.25) is 0 Å². The van der Waals surface area contributed by atoms with E-state index in [1.807, 2.05) is 0 Å². The van der Waals surface area contributed by atoms with Gasteiger partial charge in [-0.1, -0.05) is 18.0 Å². The molecule has 1 amide bonds. The largest absolute Gasteiger partial charge is 0.494 e. The number of nitrogens with one attached hydrogen (secondary N) is 2. The molecule has 0 radical (unpaired) electrons. The number of hydrogen-bond acceptors (Lipinski definition) is 6. The number of piperidine rings is 1. The first-order chi connectivity index (χ1) is 16.9. The minimum Gasteiger partial charge on any atom is -0.494 e. The molecule has 184 valence electrons. The summed E-state index contributed by atoms with van der Waals surface area (Å²) >= 11 is 5.66. The van der Waals surface area contributed by atoms with Gasteiger partial charge in [-0.25, -0.2) is 23.1 Å². The number of rotatable bonds is 7. The van der Waals surface area contributed by atoms with E-state index in [0.29, 0.717) is 17.4 Å². The van der Waals surface area contributed by atoms with E-state index in [-0.39, 0.29) is 22.9 Å². The van der Waals surface area contributed by atoms with Crippen LogP contribution in [-0.2, 0) is 4.79 Å². The van der Waals surface area contributed by atoms with E-state index in [1.54, 1.807) is 0 Å². The number of benzene rings is 2. The van der Waals surface area contributed by atoms with Gasteiger partial charge in [0.15, 0.2) is 11.6 Å². The van der Waals surface area contributed by atoms with E-state index in [2.05, 4.69) is 25.5 Å². The molecule has 7 nitrogen and oxygen atoms in total. The highest BCUT2D eigenvalue weighted by Gasteiger charge is 2.18. The molecule has 1 aromatic heterocycles. The number of carbonyl (C=O) groups is 1. The molecule has 2 heterocycles. The summed E-state index contributed by atoms with van der Waals surface area (Å²) in [5.41, 5.74) is 0.471. The van der Waals surface area contributed by atoms with E-state index >= 15 is 0 Å². The lowest BCUT2D eigenvalue weighted by atomic mass is 10.1. The first-order valence-electron chi connectivity index (χ1n) is 11.0. The molecule has 4 rings (SSSR count). The quantitative estimate of drug-likeness (QED) is 0.322. The Bertz CT molecular complexity index is 1280. The van der Waals surface area contributed by atoms with Crippen molar-refractivity contribution in [1.82, 2.24) is 14.9 Å². The highest BCUT2D eigenvalue weighted by molar-refractivity contribution is 6.31. The van der Waals surface area contributed by atoms with Gasteiger partial charge < -0.3 is 15.4 Å². The van der Waals surface area contributed by atoms with E-state index in [1.165, 1.54) is 37.7 Å². The average molecular weight is 506 g/mol. The number of fused-ring (bicyclic) bond motifs is 1. The van der Waals surface area contributed by atoms with Crippen molar-refractivity contribution < 1.29 is 22.7 Å². The van der Waals surface area contributed by atoms with Crippen molar-refractivity contribution in [3.05, 3.63) is 59.2 Å². The first kappa shape index (κ1) is 24.7. The van der Waals surface area contributed by atoms with Crippen molar-refractivity contribution in [1.29, 1.82) is 0 Å². The lowest BCUT2D eigenvalue weighted by Gasteiger charge is -2.24. The molecule has 0 bridgehead atoms. The van der Waals surface area contributed by atoms with Gasteiger partial charge in [-0.05, 0) is 50.2 Å². The van der Waals surface area contributed by atoms with Crippen molar-refractivity contribution >= 4 is 45.6 Å². The Kier molecular flexibility index (Phi) is 7.72. The molecule has 1 fully saturated rings. The highest BCUT2D eigenvalue weighted by atomic mass is 35.5. The number of halogens is 4. The van der Waals surface area contributed by atoms with Crippen LogP contribution in [-0.4, -0.2) is 47.5 Å². The van der Waals surface area contributed by atoms with Crippen LogP contribution in [0.15, 0.2) is 42.5 Å². The molecule has 0 aliphatic carbocycles. The number of amides is 1. The predicted molar refractivity (Wildman–Crippen MR) is 129 cm³/mol. The standard InChI is InChI=1S/C24H23ClF3N5O2/c1-35-20-12-18-14(23(30-13-29-18)31-17-6-5-15(26)21(25)22(17)28)11-19(20)32-24(34)16(27)7-10-33-8-3-2-4-9-33/h5-7,11-13H,2-4,8-10H2,1H3,(H,32,34)(H,29,30,31)/b16-7+. The van der Waals surface area contributed by atoms with Gasteiger partial charge in [0.05, 0.1) is 24.0 Å². The lowest BCUT2D eigenvalue weighted by molar-refractivity contribution is -0.114. The van der Waals surface area contributed by atoms with Gasteiger partial charge in [0.1, 0.15) is 28.7 Å². The molecular weight excluding hydrogens is 483 g/mol. The molecule has 2 aromatic carbocycles. The van der Waals surface area contributed by atoms with Crippen LogP contribution in [0.5, 0.6) is 5.75 Å². The number of hydrogen-bond donors (Lipinski definition) is 2. The smallest absolute Gasteiger partial charge is 0.284 e. The second-order valence-corrected chi connectivity index (χ2v) is 8.39. The van der Waals surface area contributed by atoms with E-state index < -0.39 is 28.4 Å². The van der Waals surface area contributed by atoms with Crippen molar-refractivity contribution in [2.24, 2.45) is 0 Å². The molecule has 0 spiro atoms. The molecule has 0 unspecified atom stereocenters. The highest BCUT2D eigenvalue weighted by Crippen LogP contribution is 2.34. The molecule has 3 aromatic rings. The Balaban J connectivity index is 1.60. The van der Waals surface area contributed by atoms with Crippen LogP contribution in [0.3, 0.4) is 0 Å². The summed E-state index contributed by atoms with van der Waals surface area (Å²) in [5, 5.41) is 4.98. The van der Waals surface area contributed by atoms with E-state index in [4.69, 9.17) is 16.3 Å². The minimum atomic E-state index is -0.985. The molecule has 1 aliphatic rings. The molecule has 0 atom stereocenters. The molecule has 0 saturated carbocycles. The molecule has 2 N–H and O–H groups in total. The van der Waals surface area contributed by atoms with Crippen LogP contribution in [0.2, 0.25) is 5.02 Å². The van der Waals surface area contributed by atoms with Gasteiger partial charge in [0.25, 0.3) is 5.91 Å². The summed E-state index contributed by atoms with van der Waals surface area (Å²) in [6.45, 7) is 2.10. The zero-order valence-electron chi connectivity index (χ0n) is 18.9. The van der Waals surface area contributed by atoms with Crippen molar-refractivity contribution in [2.75, 3.05) is 37.4 Å². The second kappa shape index (κ2) is 10.9. The average Bonchev–Trinajstić information content (AvgIpc) is 2.88. The van der Waals surface area contributed by atoms with Crippen LogP contribution in [0.25, 0.3) is 10.9 Å². The Labute approximate surface area is 204 Å². The molecule has 35 heavy (non-hydrogen) atoms. The molecule has 11 heteroatoms. The van der Waals surface area contributed by atoms with E-state index in [0.717, 1.165) is 38.4 Å². The van der Waals surface area contributed by atoms with Gasteiger partial charge in [-0.3, -0.25) is 9.69 Å². The topological polar surface area (TPSA) is 79.4 Å². The second-order valence-electron chi connectivity index (χ2n) is 8.01. The lowest BCUT2D eigenvalue weighted by Crippen LogP contribution is -2.30. The first-order valence-corrected chi connectivity index (χ1v) is 11.4. The minimum absolute atomic E-state index is 0.107. The fraction of sp³-hybridized carbons (Fsp3) is 0.292. The van der Waals surface area contributed by atoms with Crippen LogP contribution >= 0.6 is 11.6 Å². The Morgan fingerprint density at radius 2 is 1.94 bits per heavy atom. The summed E-state index contributed by atoms with van der Waals surface area (Å²) < 4.78 is 47.8. The number of ether oxygens (including phenoxy) is 1. The third-order valence-electron chi connectivity index (χ3n) is 5.69. The molecule has 1 aliphatic heterocycles. The zero-order chi connectivity index (χ0) is 24.9. The number of nitrogens with zero attached hydrogens (tertiary/aromatic N) is 3. The molecule has 1 saturated heterocycles. The van der Waals surface area contributed by atoms with Crippen LogP contribution in [0.1, 0.15) is 19.3 Å². The van der Waals surface area contributed by atoms with Gasteiger partial charge >= 0.3 is 0 Å². The van der Waals surface area contributed by atoms with Crippen molar-refractivity contribution in [3.63, 3.8) is 0 Å². The normalized spacial score (nSPS) is 14.7. The summed E-state index contributed by atoms with van der Waals surface area (Å²) in [7, 11) is 1.40. The number of likely N-dealkylation sites (tertiary alicyclic amines) is 1. The zero-order valence-corrected chi connectivity index (χ0v) is 19.6. The van der Waals surface area contributed by atoms with E-state index in [9.17, 15) is 18.0 Å². The van der Waals surface area contributed by atoms with Gasteiger partial charge in [0, 0.05) is 18.0 Å².